The normalized spacial score (nSPS) is 21.8. The van der Waals surface area contributed by atoms with Crippen LogP contribution in [0.2, 0.25) is 0 Å². The van der Waals surface area contributed by atoms with Gasteiger partial charge in [-0.3, -0.25) is 9.69 Å². The Hall–Kier alpha value is -2.30. The smallest absolute Gasteiger partial charge is 0.322 e. The molecule has 0 bridgehead atoms. The van der Waals surface area contributed by atoms with Gasteiger partial charge in [-0.05, 0) is 37.8 Å². The molecule has 5 heteroatoms. The minimum absolute atomic E-state index is 0.0352. The number of hydrogen-bond donors (Lipinski definition) is 1. The third-order valence-corrected chi connectivity index (χ3v) is 5.58. The van der Waals surface area contributed by atoms with Crippen molar-refractivity contribution in [2.24, 2.45) is 5.92 Å². The summed E-state index contributed by atoms with van der Waals surface area (Å²) >= 11 is 0. The summed E-state index contributed by atoms with van der Waals surface area (Å²) in [5.74, 6) is 0.395. The van der Waals surface area contributed by atoms with Crippen LogP contribution in [0.15, 0.2) is 29.5 Å². The maximum Gasteiger partial charge on any atom is 0.322 e. The van der Waals surface area contributed by atoms with Crippen LogP contribution in [-0.4, -0.2) is 41.4 Å². The first kappa shape index (κ1) is 17.5. The highest BCUT2D eigenvalue weighted by Gasteiger charge is 2.44. The van der Waals surface area contributed by atoms with Gasteiger partial charge in [-0.15, -0.1) is 0 Å². The van der Waals surface area contributed by atoms with Gasteiger partial charge in [0.05, 0.1) is 23.9 Å². The maximum atomic E-state index is 13.2. The van der Waals surface area contributed by atoms with E-state index in [0.717, 1.165) is 16.8 Å². The van der Waals surface area contributed by atoms with Crippen LogP contribution in [0.3, 0.4) is 0 Å². The van der Waals surface area contributed by atoms with Crippen molar-refractivity contribution in [1.29, 1.82) is 0 Å². The molecule has 1 N–H and O–H groups in total. The molecule has 5 nitrogen and oxygen atoms in total. The third-order valence-electron chi connectivity index (χ3n) is 5.58. The molecular formula is C20H27N3O2. The van der Waals surface area contributed by atoms with Crippen molar-refractivity contribution in [3.63, 3.8) is 0 Å². The number of benzene rings is 1. The first-order chi connectivity index (χ1) is 11.7. The number of nitrogens with one attached hydrogen (secondary N) is 1. The molecule has 0 saturated heterocycles. The van der Waals surface area contributed by atoms with Crippen LogP contribution in [0.4, 0.5) is 4.79 Å². The van der Waals surface area contributed by atoms with Gasteiger partial charge in [0.2, 0.25) is 0 Å². The van der Waals surface area contributed by atoms with Gasteiger partial charge in [0.15, 0.2) is 0 Å². The highest BCUT2D eigenvalue weighted by atomic mass is 16.2. The minimum Gasteiger partial charge on any atom is -0.330 e. The summed E-state index contributed by atoms with van der Waals surface area (Å²) in [4.78, 5) is 29.1. The minimum atomic E-state index is -0.379. The molecule has 0 spiro atoms. The van der Waals surface area contributed by atoms with E-state index in [-0.39, 0.29) is 24.0 Å². The predicted octanol–water partition coefficient (Wildman–Crippen LogP) is 3.14. The molecule has 0 fully saturated rings. The Labute approximate surface area is 149 Å². The van der Waals surface area contributed by atoms with Crippen LogP contribution in [0, 0.1) is 19.8 Å². The van der Waals surface area contributed by atoms with Crippen molar-refractivity contribution in [3.05, 3.63) is 46.2 Å². The zero-order valence-electron chi connectivity index (χ0n) is 15.9. The van der Waals surface area contributed by atoms with Crippen molar-refractivity contribution < 1.29 is 9.59 Å². The highest BCUT2D eigenvalue weighted by molar-refractivity contribution is 6.01. The van der Waals surface area contributed by atoms with Crippen LogP contribution in [-0.2, 0) is 4.79 Å². The fourth-order valence-corrected chi connectivity index (χ4v) is 3.66. The van der Waals surface area contributed by atoms with Crippen molar-refractivity contribution in [2.75, 3.05) is 13.6 Å². The zero-order chi connectivity index (χ0) is 18.5. The van der Waals surface area contributed by atoms with E-state index in [1.165, 1.54) is 5.56 Å². The van der Waals surface area contributed by atoms with Crippen molar-refractivity contribution in [3.8, 4) is 0 Å². The lowest BCUT2D eigenvalue weighted by Crippen LogP contribution is -2.45. The highest BCUT2D eigenvalue weighted by Crippen LogP contribution is 2.38. The summed E-state index contributed by atoms with van der Waals surface area (Å²) in [5, 5.41) is 3.01. The number of hydrogen-bond acceptors (Lipinski definition) is 2. The van der Waals surface area contributed by atoms with E-state index in [0.29, 0.717) is 18.0 Å². The Morgan fingerprint density at radius 3 is 2.44 bits per heavy atom. The second kappa shape index (κ2) is 6.21. The molecular weight excluding hydrogens is 314 g/mol. The number of urea groups is 1. The van der Waals surface area contributed by atoms with E-state index in [2.05, 4.69) is 32.2 Å². The molecule has 3 amide bonds. The predicted molar refractivity (Wildman–Crippen MR) is 98.0 cm³/mol. The van der Waals surface area contributed by atoms with E-state index in [1.807, 2.05) is 30.9 Å². The van der Waals surface area contributed by atoms with Crippen molar-refractivity contribution >= 4 is 11.9 Å². The van der Waals surface area contributed by atoms with Gasteiger partial charge >= 0.3 is 6.03 Å². The average molecular weight is 341 g/mol. The molecule has 134 valence electrons. The summed E-state index contributed by atoms with van der Waals surface area (Å²) in [6.45, 7) is 10.9. The molecule has 1 aromatic rings. The first-order valence-corrected chi connectivity index (χ1v) is 8.87. The van der Waals surface area contributed by atoms with Gasteiger partial charge in [-0.25, -0.2) is 4.79 Å². The number of nitrogens with zero attached hydrogens (tertiary/aromatic N) is 2. The monoisotopic (exact) mass is 341 g/mol. The van der Waals surface area contributed by atoms with Crippen LogP contribution in [0.5, 0.6) is 0 Å². The Bertz CT molecular complexity index is 766. The standard InChI is InChI=1S/C20H27N3O2/c1-11(2)14(5)23-10-16-17(19(23)24)18(21-20(25)22(16)6)15-8-7-12(3)9-13(15)4/h7-9,11,14,18H,10H2,1-6H3,(H,21,25). The van der Waals surface area contributed by atoms with Gasteiger partial charge in [0.25, 0.3) is 5.91 Å². The molecule has 2 aliphatic heterocycles. The average Bonchev–Trinajstić information content (AvgIpc) is 2.88. The van der Waals surface area contributed by atoms with Crippen molar-refractivity contribution in [1.82, 2.24) is 15.1 Å². The largest absolute Gasteiger partial charge is 0.330 e. The molecule has 0 aromatic heterocycles. The fourth-order valence-electron chi connectivity index (χ4n) is 3.66. The molecule has 1 aromatic carbocycles. The molecule has 2 unspecified atom stereocenters. The van der Waals surface area contributed by atoms with Crippen LogP contribution >= 0.6 is 0 Å². The molecule has 0 saturated carbocycles. The van der Waals surface area contributed by atoms with Crippen LogP contribution in [0.1, 0.15) is 43.5 Å². The number of carbonyl (C=O) groups is 2. The first-order valence-electron chi connectivity index (χ1n) is 8.87. The maximum absolute atomic E-state index is 13.2. The molecule has 0 radical (unpaired) electrons. The third kappa shape index (κ3) is 2.81. The fraction of sp³-hybridized carbons (Fsp3) is 0.500. The Morgan fingerprint density at radius 2 is 1.84 bits per heavy atom. The molecule has 2 atom stereocenters. The van der Waals surface area contributed by atoms with Gasteiger partial charge in [-0.1, -0.05) is 37.6 Å². The second-order valence-corrected chi connectivity index (χ2v) is 7.58. The van der Waals surface area contributed by atoms with Gasteiger partial charge in [-0.2, -0.15) is 0 Å². The number of amides is 3. The summed E-state index contributed by atoms with van der Waals surface area (Å²) < 4.78 is 0. The van der Waals surface area contributed by atoms with E-state index in [9.17, 15) is 9.59 Å². The van der Waals surface area contributed by atoms with E-state index in [4.69, 9.17) is 0 Å². The summed E-state index contributed by atoms with van der Waals surface area (Å²) in [6.07, 6.45) is 0. The second-order valence-electron chi connectivity index (χ2n) is 7.58. The Morgan fingerprint density at radius 1 is 1.16 bits per heavy atom. The number of rotatable bonds is 3. The van der Waals surface area contributed by atoms with E-state index >= 15 is 0 Å². The van der Waals surface area contributed by atoms with Gasteiger partial charge in [0.1, 0.15) is 0 Å². The summed E-state index contributed by atoms with van der Waals surface area (Å²) in [5.41, 5.74) is 4.78. The SMILES string of the molecule is Cc1ccc(C2NC(=O)N(C)C3=C2C(=O)N(C(C)C(C)C)C3)c(C)c1. The van der Waals surface area contributed by atoms with E-state index in [1.54, 1.807) is 11.9 Å². The Kier molecular flexibility index (Phi) is 4.35. The van der Waals surface area contributed by atoms with Gasteiger partial charge in [0, 0.05) is 13.1 Å². The topological polar surface area (TPSA) is 52.7 Å². The lowest BCUT2D eigenvalue weighted by atomic mass is 9.91. The summed E-state index contributed by atoms with van der Waals surface area (Å²) in [7, 11) is 1.74. The lowest BCUT2D eigenvalue weighted by molar-refractivity contribution is -0.128. The number of aryl methyl sites for hydroxylation is 2. The molecule has 3 rings (SSSR count). The number of carbonyl (C=O) groups excluding carboxylic acids is 2. The van der Waals surface area contributed by atoms with Gasteiger partial charge < -0.3 is 10.2 Å². The van der Waals surface area contributed by atoms with Crippen molar-refractivity contribution in [2.45, 2.75) is 46.7 Å². The molecule has 0 aliphatic carbocycles. The lowest BCUT2D eigenvalue weighted by Gasteiger charge is -2.31. The Balaban J connectivity index is 2.06. The molecule has 2 aliphatic rings. The zero-order valence-corrected chi connectivity index (χ0v) is 15.9. The number of likely N-dealkylation sites (N-methyl/N-ethyl adjacent to an activating group) is 1. The quantitative estimate of drug-likeness (QED) is 0.918. The molecule has 25 heavy (non-hydrogen) atoms. The van der Waals surface area contributed by atoms with E-state index < -0.39 is 0 Å². The molecule has 2 heterocycles. The van der Waals surface area contributed by atoms with Crippen LogP contribution < -0.4 is 5.32 Å². The van der Waals surface area contributed by atoms with Crippen LogP contribution in [0.25, 0.3) is 0 Å². The summed E-state index contributed by atoms with van der Waals surface area (Å²) in [6, 6.07) is 5.73.